The van der Waals surface area contributed by atoms with Crippen LogP contribution in [-0.4, -0.2) is 50.3 Å². The normalized spacial score (nSPS) is 20.1. The van der Waals surface area contributed by atoms with Crippen LogP contribution in [-0.2, 0) is 10.0 Å². The van der Waals surface area contributed by atoms with E-state index in [2.05, 4.69) is 11.8 Å². The van der Waals surface area contributed by atoms with Gasteiger partial charge >= 0.3 is 0 Å². The molecule has 2 heterocycles. The molecule has 1 fully saturated rings. The lowest BCUT2D eigenvalue weighted by atomic mass is 10.4. The van der Waals surface area contributed by atoms with Crippen molar-refractivity contribution in [3.63, 3.8) is 0 Å². The van der Waals surface area contributed by atoms with Crippen LogP contribution in [0.2, 0.25) is 0 Å². The Balaban J connectivity index is 2.09. The number of thiophene rings is 1. The Labute approximate surface area is 101 Å². The van der Waals surface area contributed by atoms with Gasteiger partial charge in [-0.2, -0.15) is 4.31 Å². The second kappa shape index (κ2) is 4.83. The van der Waals surface area contributed by atoms with E-state index in [1.807, 2.05) is 0 Å². The number of nitrogens with zero attached hydrogens (tertiary/aromatic N) is 2. The van der Waals surface area contributed by atoms with Gasteiger partial charge in [0.2, 0.25) is 0 Å². The molecule has 0 aliphatic carbocycles. The molecule has 0 bridgehead atoms. The summed E-state index contributed by atoms with van der Waals surface area (Å²) in [5.74, 6) is 0. The maximum atomic E-state index is 12.1. The molecule has 16 heavy (non-hydrogen) atoms. The van der Waals surface area contributed by atoms with Crippen molar-refractivity contribution in [3.8, 4) is 0 Å². The van der Waals surface area contributed by atoms with Gasteiger partial charge in [0.15, 0.2) is 0 Å². The van der Waals surface area contributed by atoms with Gasteiger partial charge in [0, 0.05) is 26.2 Å². The standard InChI is InChI=1S/C10H15N2O2S2/c1-2-11-5-7-12(8-6-11)16(13,14)10-4-3-9-15-10/h3-4,9H,1-2,5-8H2. The van der Waals surface area contributed by atoms with Crippen molar-refractivity contribution in [1.82, 2.24) is 9.21 Å². The van der Waals surface area contributed by atoms with Crippen LogP contribution in [0.15, 0.2) is 21.7 Å². The van der Waals surface area contributed by atoms with Gasteiger partial charge in [-0.15, -0.1) is 11.3 Å². The van der Waals surface area contributed by atoms with E-state index in [0.717, 1.165) is 19.6 Å². The fraction of sp³-hybridized carbons (Fsp3) is 0.500. The molecule has 6 heteroatoms. The van der Waals surface area contributed by atoms with Gasteiger partial charge < -0.3 is 4.90 Å². The van der Waals surface area contributed by atoms with Crippen molar-refractivity contribution in [2.45, 2.75) is 4.21 Å². The highest BCUT2D eigenvalue weighted by Gasteiger charge is 2.28. The minimum absolute atomic E-state index is 0.440. The molecule has 1 saturated heterocycles. The molecule has 1 aliphatic heterocycles. The topological polar surface area (TPSA) is 40.6 Å². The van der Waals surface area contributed by atoms with Crippen LogP contribution in [0.4, 0.5) is 0 Å². The van der Waals surface area contributed by atoms with Gasteiger partial charge in [0.1, 0.15) is 4.21 Å². The van der Waals surface area contributed by atoms with E-state index < -0.39 is 10.0 Å². The van der Waals surface area contributed by atoms with Crippen LogP contribution in [0.1, 0.15) is 0 Å². The predicted molar refractivity (Wildman–Crippen MR) is 64.9 cm³/mol. The first kappa shape index (κ1) is 12.0. The average molecular weight is 259 g/mol. The average Bonchev–Trinajstić information content (AvgIpc) is 2.83. The zero-order chi connectivity index (χ0) is 11.6. The van der Waals surface area contributed by atoms with E-state index >= 15 is 0 Å². The fourth-order valence-corrected chi connectivity index (χ4v) is 4.30. The van der Waals surface area contributed by atoms with Crippen LogP contribution in [0.25, 0.3) is 0 Å². The number of hydrogen-bond donors (Lipinski definition) is 0. The first-order valence-corrected chi connectivity index (χ1v) is 7.52. The minimum atomic E-state index is -3.25. The van der Waals surface area contributed by atoms with Gasteiger partial charge in [-0.25, -0.2) is 8.42 Å². The third-order valence-corrected chi connectivity index (χ3v) is 6.01. The molecule has 0 amide bonds. The Morgan fingerprint density at radius 1 is 1.31 bits per heavy atom. The second-order valence-electron chi connectivity index (χ2n) is 3.68. The Bertz CT molecular complexity index is 420. The molecule has 1 aliphatic rings. The van der Waals surface area contributed by atoms with Crippen LogP contribution in [0.5, 0.6) is 0 Å². The summed E-state index contributed by atoms with van der Waals surface area (Å²) in [6, 6.07) is 3.43. The molecule has 0 atom stereocenters. The second-order valence-corrected chi connectivity index (χ2v) is 6.79. The van der Waals surface area contributed by atoms with E-state index in [1.54, 1.807) is 21.8 Å². The van der Waals surface area contributed by atoms with E-state index in [-0.39, 0.29) is 0 Å². The van der Waals surface area contributed by atoms with Gasteiger partial charge in [-0.1, -0.05) is 6.07 Å². The summed E-state index contributed by atoms with van der Waals surface area (Å²) in [5.41, 5.74) is 0. The summed E-state index contributed by atoms with van der Waals surface area (Å²) in [7, 11) is -3.25. The lowest BCUT2D eigenvalue weighted by Gasteiger charge is -2.32. The lowest BCUT2D eigenvalue weighted by molar-refractivity contribution is 0.204. The summed E-state index contributed by atoms with van der Waals surface area (Å²) in [5, 5.41) is 1.79. The SMILES string of the molecule is [CH2]CN1CCN(S(=O)(=O)c2cccs2)CC1. The van der Waals surface area contributed by atoms with Crippen molar-refractivity contribution in [2.24, 2.45) is 0 Å². The van der Waals surface area contributed by atoms with Crippen molar-refractivity contribution in [3.05, 3.63) is 24.4 Å². The number of hydrogen-bond acceptors (Lipinski definition) is 4. The molecule has 0 saturated carbocycles. The Kier molecular flexibility index (Phi) is 3.63. The summed E-state index contributed by atoms with van der Waals surface area (Å²) in [6.07, 6.45) is 0. The molecule has 0 N–H and O–H groups in total. The molecule has 1 aromatic heterocycles. The highest BCUT2D eigenvalue weighted by atomic mass is 32.2. The summed E-state index contributed by atoms with van der Waals surface area (Å²) in [6.45, 7) is 7.22. The lowest BCUT2D eigenvalue weighted by Crippen LogP contribution is -2.48. The van der Waals surface area contributed by atoms with Crippen molar-refractivity contribution in [1.29, 1.82) is 0 Å². The first-order valence-electron chi connectivity index (χ1n) is 5.20. The van der Waals surface area contributed by atoms with E-state index in [9.17, 15) is 8.42 Å². The first-order chi connectivity index (χ1) is 7.64. The smallest absolute Gasteiger partial charge is 0.252 e. The molecular weight excluding hydrogens is 244 g/mol. The molecule has 0 spiro atoms. The summed E-state index contributed by atoms with van der Waals surface area (Å²) < 4.78 is 26.3. The van der Waals surface area contributed by atoms with Gasteiger partial charge in [-0.3, -0.25) is 0 Å². The van der Waals surface area contributed by atoms with Crippen molar-refractivity contribution in [2.75, 3.05) is 32.7 Å². The molecule has 1 aromatic rings. The zero-order valence-corrected chi connectivity index (χ0v) is 10.6. The highest BCUT2D eigenvalue weighted by molar-refractivity contribution is 7.91. The number of rotatable bonds is 3. The zero-order valence-electron chi connectivity index (χ0n) is 9.00. The molecule has 1 radical (unpaired) electrons. The molecule has 4 nitrogen and oxygen atoms in total. The van der Waals surface area contributed by atoms with Gasteiger partial charge in [0.25, 0.3) is 10.0 Å². The van der Waals surface area contributed by atoms with Crippen LogP contribution in [0.3, 0.4) is 0 Å². The predicted octanol–water partition coefficient (Wildman–Crippen LogP) is 0.888. The van der Waals surface area contributed by atoms with Crippen LogP contribution in [0, 0.1) is 6.92 Å². The quantitative estimate of drug-likeness (QED) is 0.809. The maximum Gasteiger partial charge on any atom is 0.252 e. The largest absolute Gasteiger partial charge is 0.301 e. The highest BCUT2D eigenvalue weighted by Crippen LogP contribution is 2.21. The number of piperazine rings is 1. The van der Waals surface area contributed by atoms with E-state index in [1.165, 1.54) is 11.3 Å². The third-order valence-electron chi connectivity index (χ3n) is 2.74. The van der Waals surface area contributed by atoms with Crippen LogP contribution >= 0.6 is 11.3 Å². The fourth-order valence-electron chi connectivity index (χ4n) is 1.73. The number of sulfonamides is 1. The Morgan fingerprint density at radius 3 is 2.50 bits per heavy atom. The summed E-state index contributed by atoms with van der Waals surface area (Å²) in [4.78, 5) is 2.15. The monoisotopic (exact) mass is 259 g/mol. The molecular formula is C10H15N2O2S2. The Morgan fingerprint density at radius 2 is 2.00 bits per heavy atom. The molecule has 0 aromatic carbocycles. The van der Waals surface area contributed by atoms with Crippen molar-refractivity contribution >= 4 is 21.4 Å². The molecule has 2 rings (SSSR count). The summed E-state index contributed by atoms with van der Waals surface area (Å²) >= 11 is 1.27. The Hall–Kier alpha value is -0.430. The van der Waals surface area contributed by atoms with Crippen molar-refractivity contribution < 1.29 is 8.42 Å². The van der Waals surface area contributed by atoms with E-state index in [0.29, 0.717) is 17.3 Å². The molecule has 89 valence electrons. The maximum absolute atomic E-state index is 12.1. The van der Waals surface area contributed by atoms with Crippen LogP contribution < -0.4 is 0 Å². The van der Waals surface area contributed by atoms with Gasteiger partial charge in [0.05, 0.1) is 0 Å². The van der Waals surface area contributed by atoms with E-state index in [4.69, 9.17) is 0 Å². The third kappa shape index (κ3) is 2.29. The molecule has 0 unspecified atom stereocenters. The minimum Gasteiger partial charge on any atom is -0.301 e. The van der Waals surface area contributed by atoms with Gasteiger partial charge in [-0.05, 0) is 24.9 Å².